The molecule has 2 N–H and O–H groups in total. The largest absolute Gasteiger partial charge is 0.496 e. The zero-order valence-corrected chi connectivity index (χ0v) is 21.0. The van der Waals surface area contributed by atoms with Crippen molar-refractivity contribution in [3.8, 4) is 11.5 Å². The van der Waals surface area contributed by atoms with E-state index in [1.54, 1.807) is 19.1 Å². The van der Waals surface area contributed by atoms with Gasteiger partial charge in [0.25, 0.3) is 11.8 Å². The lowest BCUT2D eigenvalue weighted by Gasteiger charge is -2.18. The summed E-state index contributed by atoms with van der Waals surface area (Å²) in [6, 6.07) is 11.1. The highest BCUT2D eigenvalue weighted by Gasteiger charge is 2.20. The fraction of sp³-hybridized carbons (Fsp3) is 0.385. The predicted molar refractivity (Wildman–Crippen MR) is 136 cm³/mol. The van der Waals surface area contributed by atoms with Gasteiger partial charge in [-0.1, -0.05) is 12.1 Å². The highest BCUT2D eigenvalue weighted by Crippen LogP contribution is 2.29. The van der Waals surface area contributed by atoms with Crippen LogP contribution in [0.15, 0.2) is 47.1 Å². The van der Waals surface area contributed by atoms with E-state index in [0.29, 0.717) is 60.5 Å². The van der Waals surface area contributed by atoms with Crippen molar-refractivity contribution < 1.29 is 23.8 Å². The van der Waals surface area contributed by atoms with Gasteiger partial charge in [0.2, 0.25) is 0 Å². The van der Waals surface area contributed by atoms with Crippen molar-refractivity contribution in [2.24, 2.45) is 0 Å². The Kier molecular flexibility index (Phi) is 9.27. The molecule has 1 aliphatic heterocycles. The number of thioether (sulfide) groups is 1. The van der Waals surface area contributed by atoms with Gasteiger partial charge in [0.1, 0.15) is 10.7 Å². The molecule has 2 aromatic rings. The van der Waals surface area contributed by atoms with Crippen molar-refractivity contribution in [3.63, 3.8) is 0 Å². The number of allylic oxidation sites excluding steroid dienone is 1. The highest BCUT2D eigenvalue weighted by molar-refractivity contribution is 8.04. The molecule has 0 saturated heterocycles. The topological polar surface area (TPSA) is 85.9 Å². The molecule has 0 bridgehead atoms. The molecule has 0 unspecified atom stereocenters. The van der Waals surface area contributed by atoms with Gasteiger partial charge in [-0.15, -0.1) is 11.8 Å². The van der Waals surface area contributed by atoms with Crippen LogP contribution in [-0.4, -0.2) is 43.9 Å². The van der Waals surface area contributed by atoms with Gasteiger partial charge >= 0.3 is 0 Å². The number of carbonyl (C=O) groups is 2. The predicted octanol–water partition coefficient (Wildman–Crippen LogP) is 4.70. The first-order valence-electron chi connectivity index (χ1n) is 11.5. The first-order valence-corrected chi connectivity index (χ1v) is 12.5. The van der Waals surface area contributed by atoms with Crippen LogP contribution < -0.4 is 20.1 Å². The molecule has 8 heteroatoms. The Morgan fingerprint density at radius 3 is 2.50 bits per heavy atom. The Morgan fingerprint density at radius 1 is 1.00 bits per heavy atom. The second-order valence-electron chi connectivity index (χ2n) is 7.72. The average Bonchev–Trinajstić information content (AvgIpc) is 2.82. The fourth-order valence-electron chi connectivity index (χ4n) is 3.48. The van der Waals surface area contributed by atoms with Crippen molar-refractivity contribution in [3.05, 3.63) is 63.8 Å². The average molecular weight is 485 g/mol. The normalized spacial score (nSPS) is 13.2. The molecular formula is C26H32N2O5S. The van der Waals surface area contributed by atoms with Gasteiger partial charge in [0.15, 0.2) is 11.5 Å². The van der Waals surface area contributed by atoms with Gasteiger partial charge in [-0.05, 0) is 69.5 Å². The summed E-state index contributed by atoms with van der Waals surface area (Å²) in [7, 11) is 0. The Labute approximate surface area is 205 Å². The first kappa shape index (κ1) is 25.5. The molecule has 7 nitrogen and oxygen atoms in total. The molecule has 0 radical (unpaired) electrons. The molecule has 0 aromatic heterocycles. The molecule has 1 heterocycles. The van der Waals surface area contributed by atoms with Crippen LogP contribution in [0.1, 0.15) is 42.3 Å². The maximum Gasteiger partial charge on any atom is 0.265 e. The molecule has 1 aliphatic rings. The second kappa shape index (κ2) is 12.4. The van der Waals surface area contributed by atoms with Crippen molar-refractivity contribution in [2.45, 2.75) is 34.1 Å². The summed E-state index contributed by atoms with van der Waals surface area (Å²) < 4.78 is 16.8. The summed E-state index contributed by atoms with van der Waals surface area (Å²) in [5, 5.41) is 5.87. The Morgan fingerprint density at radius 2 is 1.76 bits per heavy atom. The van der Waals surface area contributed by atoms with Gasteiger partial charge in [-0.2, -0.15) is 0 Å². The van der Waals surface area contributed by atoms with E-state index >= 15 is 0 Å². The van der Waals surface area contributed by atoms with E-state index in [1.807, 2.05) is 45.0 Å². The van der Waals surface area contributed by atoms with Crippen LogP contribution in [0.25, 0.3) is 0 Å². The van der Waals surface area contributed by atoms with Crippen LogP contribution in [0, 0.1) is 6.92 Å². The second-order valence-corrected chi connectivity index (χ2v) is 8.82. The number of benzene rings is 2. The van der Waals surface area contributed by atoms with Crippen molar-refractivity contribution in [2.75, 3.05) is 37.4 Å². The number of ether oxygens (including phenoxy) is 3. The number of hydrogen-bond acceptors (Lipinski definition) is 6. The molecule has 0 aliphatic carbocycles. The number of hydrogen-bond donors (Lipinski definition) is 2. The van der Waals surface area contributed by atoms with Crippen LogP contribution in [0.3, 0.4) is 0 Å². The summed E-state index contributed by atoms with van der Waals surface area (Å²) in [4.78, 5) is 26.0. The third-order valence-electron chi connectivity index (χ3n) is 5.23. The van der Waals surface area contributed by atoms with Gasteiger partial charge < -0.3 is 24.8 Å². The van der Waals surface area contributed by atoms with E-state index in [1.165, 1.54) is 11.8 Å². The van der Waals surface area contributed by atoms with Gasteiger partial charge in [-0.25, -0.2) is 0 Å². The molecular weight excluding hydrogens is 452 g/mol. The van der Waals surface area contributed by atoms with Gasteiger partial charge in [0, 0.05) is 23.5 Å². The monoisotopic (exact) mass is 484 g/mol. The van der Waals surface area contributed by atoms with Crippen LogP contribution in [0.4, 0.5) is 5.69 Å². The van der Waals surface area contributed by atoms with Crippen molar-refractivity contribution in [1.29, 1.82) is 0 Å². The number of nitrogens with one attached hydrogen (secondary N) is 2. The minimum Gasteiger partial charge on any atom is -0.496 e. The van der Waals surface area contributed by atoms with E-state index in [9.17, 15) is 9.59 Å². The molecule has 3 rings (SSSR count). The number of anilines is 1. The summed E-state index contributed by atoms with van der Waals surface area (Å²) >= 11 is 1.48. The third kappa shape index (κ3) is 6.70. The molecule has 2 amide bonds. The van der Waals surface area contributed by atoms with Gasteiger partial charge in [-0.3, -0.25) is 9.59 Å². The SMILES string of the molecule is CCOc1ccc(CCNC(=O)c2ccc(C)c(NC(=O)C3=C(C)OCCS3)c2)cc1OCC. The Hall–Kier alpha value is -3.13. The van der Waals surface area contributed by atoms with Gasteiger partial charge in [0.05, 0.1) is 19.8 Å². The number of carbonyl (C=O) groups excluding carboxylic acids is 2. The molecule has 0 saturated carbocycles. The van der Waals surface area contributed by atoms with Crippen molar-refractivity contribution in [1.82, 2.24) is 5.32 Å². The molecule has 182 valence electrons. The van der Waals surface area contributed by atoms with E-state index in [4.69, 9.17) is 14.2 Å². The maximum absolute atomic E-state index is 12.7. The third-order valence-corrected chi connectivity index (χ3v) is 6.36. The quantitative estimate of drug-likeness (QED) is 0.509. The van der Waals surface area contributed by atoms with Crippen LogP contribution in [0.2, 0.25) is 0 Å². The summed E-state index contributed by atoms with van der Waals surface area (Å²) in [5.41, 5.74) is 3.01. The van der Waals surface area contributed by atoms with Crippen LogP contribution >= 0.6 is 11.8 Å². The molecule has 0 spiro atoms. The Balaban J connectivity index is 1.61. The van der Waals surface area contributed by atoms with E-state index in [0.717, 1.165) is 22.6 Å². The zero-order valence-electron chi connectivity index (χ0n) is 20.2. The standard InChI is InChI=1S/C26H32N2O5S/c1-5-31-22-10-8-19(15-23(22)32-6-2)11-12-27-25(29)20-9-7-17(3)21(16-20)28-26(30)24-18(4)33-13-14-34-24/h7-10,15-16H,5-6,11-14H2,1-4H3,(H,27,29)(H,28,30). The van der Waals surface area contributed by atoms with Crippen molar-refractivity contribution >= 4 is 29.3 Å². The number of amides is 2. The van der Waals surface area contributed by atoms with E-state index < -0.39 is 0 Å². The molecule has 0 atom stereocenters. The first-order chi connectivity index (χ1) is 16.4. The summed E-state index contributed by atoms with van der Waals surface area (Å²) in [5.74, 6) is 2.37. The minimum absolute atomic E-state index is 0.197. The van der Waals surface area contributed by atoms with E-state index in [2.05, 4.69) is 10.6 Å². The maximum atomic E-state index is 12.7. The number of rotatable bonds is 10. The molecule has 2 aromatic carbocycles. The molecule has 0 fully saturated rings. The molecule has 34 heavy (non-hydrogen) atoms. The lowest BCUT2D eigenvalue weighted by Crippen LogP contribution is -2.26. The zero-order chi connectivity index (χ0) is 24.5. The number of aryl methyl sites for hydroxylation is 1. The van der Waals surface area contributed by atoms with Crippen LogP contribution in [-0.2, 0) is 16.0 Å². The lowest BCUT2D eigenvalue weighted by molar-refractivity contribution is -0.112. The van der Waals surface area contributed by atoms with E-state index in [-0.39, 0.29) is 11.8 Å². The Bertz CT molecular complexity index is 1070. The summed E-state index contributed by atoms with van der Waals surface area (Å²) in [6.45, 7) is 9.74. The fourth-order valence-corrected chi connectivity index (χ4v) is 4.30. The lowest BCUT2D eigenvalue weighted by atomic mass is 10.1. The minimum atomic E-state index is -0.219. The highest BCUT2D eigenvalue weighted by atomic mass is 32.2. The smallest absolute Gasteiger partial charge is 0.265 e. The summed E-state index contributed by atoms with van der Waals surface area (Å²) in [6.07, 6.45) is 0.651. The van der Waals surface area contributed by atoms with Crippen LogP contribution in [0.5, 0.6) is 11.5 Å².